The van der Waals surface area contributed by atoms with Gasteiger partial charge < -0.3 is 14.8 Å². The topological polar surface area (TPSA) is 90.7 Å². The summed E-state index contributed by atoms with van der Waals surface area (Å²) < 4.78 is 11.3. The summed E-state index contributed by atoms with van der Waals surface area (Å²) in [6.45, 7) is 4.21. The summed E-state index contributed by atoms with van der Waals surface area (Å²) in [6.07, 6.45) is 0.800. The molecule has 0 aliphatic carbocycles. The lowest BCUT2D eigenvalue weighted by Gasteiger charge is -2.13. The summed E-state index contributed by atoms with van der Waals surface area (Å²) in [4.78, 5) is 23.2. The highest BCUT2D eigenvalue weighted by molar-refractivity contribution is 6.31. The molecule has 1 aliphatic rings. The molecule has 136 valence electrons. The molecule has 0 saturated carbocycles. The molecule has 0 saturated heterocycles. The van der Waals surface area contributed by atoms with Crippen LogP contribution >= 0.6 is 11.6 Å². The standard InChI is InChI=1S/C18H17ClN2O5/c1-3-25-17-7-11-6-10(2)26-16(11)9-14(17)20-18(22)13-5-4-12(19)8-15(13)21(23)24/h4-5,7-10H,3,6H2,1-2H3,(H,20,22)/t10-/m0/s1. The van der Waals surface area contributed by atoms with Crippen molar-refractivity contribution in [3.05, 3.63) is 56.6 Å². The third-order valence-electron chi connectivity index (χ3n) is 3.95. The summed E-state index contributed by atoms with van der Waals surface area (Å²) in [6, 6.07) is 7.41. The zero-order chi connectivity index (χ0) is 18.8. The average Bonchev–Trinajstić information content (AvgIpc) is 2.94. The lowest BCUT2D eigenvalue weighted by molar-refractivity contribution is -0.385. The monoisotopic (exact) mass is 376 g/mol. The van der Waals surface area contributed by atoms with Gasteiger partial charge in [-0.1, -0.05) is 11.6 Å². The van der Waals surface area contributed by atoms with Crippen molar-refractivity contribution in [1.29, 1.82) is 0 Å². The van der Waals surface area contributed by atoms with E-state index in [9.17, 15) is 14.9 Å². The Morgan fingerprint density at radius 2 is 2.19 bits per heavy atom. The second kappa shape index (κ2) is 7.21. The maximum atomic E-state index is 12.6. The molecule has 1 aliphatic heterocycles. The Bertz CT molecular complexity index is 884. The number of ether oxygens (including phenoxy) is 2. The number of carbonyl (C=O) groups excluding carboxylic acids is 1. The molecule has 2 aromatic carbocycles. The van der Waals surface area contributed by atoms with E-state index in [-0.39, 0.29) is 22.4 Å². The van der Waals surface area contributed by atoms with Gasteiger partial charge in [0.05, 0.1) is 17.2 Å². The van der Waals surface area contributed by atoms with E-state index in [1.807, 2.05) is 19.9 Å². The summed E-state index contributed by atoms with van der Waals surface area (Å²) in [7, 11) is 0. The van der Waals surface area contributed by atoms with Gasteiger partial charge in [0.25, 0.3) is 11.6 Å². The number of hydrogen-bond donors (Lipinski definition) is 1. The molecule has 3 rings (SSSR count). The zero-order valence-corrected chi connectivity index (χ0v) is 15.0. The van der Waals surface area contributed by atoms with Crippen LogP contribution in [0.15, 0.2) is 30.3 Å². The Hall–Kier alpha value is -2.80. The fraction of sp³-hybridized carbons (Fsp3) is 0.278. The number of carbonyl (C=O) groups is 1. The molecule has 0 fully saturated rings. The minimum Gasteiger partial charge on any atom is -0.492 e. The lowest BCUT2D eigenvalue weighted by atomic mass is 10.1. The molecule has 0 unspecified atom stereocenters. The number of amides is 1. The van der Waals surface area contributed by atoms with Crippen molar-refractivity contribution in [1.82, 2.24) is 0 Å². The van der Waals surface area contributed by atoms with Crippen molar-refractivity contribution in [2.24, 2.45) is 0 Å². The maximum absolute atomic E-state index is 12.6. The average molecular weight is 377 g/mol. The molecular weight excluding hydrogens is 360 g/mol. The lowest BCUT2D eigenvalue weighted by Crippen LogP contribution is -2.15. The first kappa shape index (κ1) is 18.0. The van der Waals surface area contributed by atoms with Crippen LogP contribution in [0.4, 0.5) is 11.4 Å². The summed E-state index contributed by atoms with van der Waals surface area (Å²) in [5.41, 5.74) is 0.945. The number of fused-ring (bicyclic) bond motifs is 1. The first-order valence-corrected chi connectivity index (χ1v) is 8.48. The smallest absolute Gasteiger partial charge is 0.283 e. The van der Waals surface area contributed by atoms with Crippen LogP contribution in [-0.2, 0) is 6.42 Å². The van der Waals surface area contributed by atoms with Crippen molar-refractivity contribution in [3.63, 3.8) is 0 Å². The number of hydrogen-bond acceptors (Lipinski definition) is 5. The van der Waals surface area contributed by atoms with Crippen molar-refractivity contribution < 1.29 is 19.2 Å². The van der Waals surface area contributed by atoms with E-state index in [0.717, 1.165) is 18.1 Å². The molecule has 1 atom stereocenters. The van der Waals surface area contributed by atoms with E-state index in [0.29, 0.717) is 23.8 Å². The van der Waals surface area contributed by atoms with Gasteiger partial charge in [0.1, 0.15) is 23.2 Å². The van der Waals surface area contributed by atoms with Crippen molar-refractivity contribution in [3.8, 4) is 11.5 Å². The number of anilines is 1. The summed E-state index contributed by atoms with van der Waals surface area (Å²) >= 11 is 5.80. The molecule has 26 heavy (non-hydrogen) atoms. The van der Waals surface area contributed by atoms with E-state index in [2.05, 4.69) is 5.32 Å². The Labute approximate surface area is 155 Å². The first-order chi connectivity index (χ1) is 12.4. The van der Waals surface area contributed by atoms with Crippen LogP contribution in [0.3, 0.4) is 0 Å². The van der Waals surface area contributed by atoms with Crippen molar-refractivity contribution in [2.75, 3.05) is 11.9 Å². The van der Waals surface area contributed by atoms with Gasteiger partial charge >= 0.3 is 0 Å². The normalized spacial score (nSPS) is 15.1. The van der Waals surface area contributed by atoms with E-state index in [4.69, 9.17) is 21.1 Å². The zero-order valence-electron chi connectivity index (χ0n) is 14.2. The highest BCUT2D eigenvalue weighted by Gasteiger charge is 2.25. The number of benzene rings is 2. The molecule has 0 aromatic heterocycles. The van der Waals surface area contributed by atoms with Crippen LogP contribution in [0.2, 0.25) is 5.02 Å². The molecule has 7 nitrogen and oxygen atoms in total. The van der Waals surface area contributed by atoms with E-state index in [1.54, 1.807) is 6.07 Å². The molecule has 1 N–H and O–H groups in total. The van der Waals surface area contributed by atoms with Crippen LogP contribution in [0.25, 0.3) is 0 Å². The number of nitrogens with zero attached hydrogens (tertiary/aromatic N) is 1. The van der Waals surface area contributed by atoms with Crippen molar-refractivity contribution in [2.45, 2.75) is 26.4 Å². The van der Waals surface area contributed by atoms with Crippen LogP contribution in [0, 0.1) is 10.1 Å². The van der Waals surface area contributed by atoms with Gasteiger partial charge in [-0.2, -0.15) is 0 Å². The van der Waals surface area contributed by atoms with Gasteiger partial charge in [-0.25, -0.2) is 0 Å². The second-order valence-corrected chi connectivity index (χ2v) is 6.33. The van der Waals surface area contributed by atoms with Crippen LogP contribution in [0.5, 0.6) is 11.5 Å². The van der Waals surface area contributed by atoms with Gasteiger partial charge in [0, 0.05) is 29.1 Å². The van der Waals surface area contributed by atoms with Gasteiger partial charge in [-0.15, -0.1) is 0 Å². The first-order valence-electron chi connectivity index (χ1n) is 8.10. The predicted molar refractivity (Wildman–Crippen MR) is 97.5 cm³/mol. The molecule has 1 heterocycles. The van der Waals surface area contributed by atoms with Crippen LogP contribution < -0.4 is 14.8 Å². The van der Waals surface area contributed by atoms with Gasteiger partial charge in [0.2, 0.25) is 0 Å². The molecule has 0 spiro atoms. The number of nitro benzene ring substituents is 1. The Morgan fingerprint density at radius 3 is 2.88 bits per heavy atom. The van der Waals surface area contributed by atoms with E-state index < -0.39 is 10.8 Å². The van der Waals surface area contributed by atoms with Gasteiger partial charge in [0.15, 0.2) is 0 Å². The molecule has 0 bridgehead atoms. The molecule has 1 amide bonds. The van der Waals surface area contributed by atoms with Crippen LogP contribution in [0.1, 0.15) is 29.8 Å². The fourth-order valence-electron chi connectivity index (χ4n) is 2.85. The number of halogens is 1. The van der Waals surface area contributed by atoms with Crippen molar-refractivity contribution >= 4 is 28.9 Å². The summed E-state index contributed by atoms with van der Waals surface area (Å²) in [5.74, 6) is 0.538. The van der Waals surface area contributed by atoms with E-state index >= 15 is 0 Å². The molecule has 2 aromatic rings. The third kappa shape index (κ3) is 3.57. The van der Waals surface area contributed by atoms with Crippen LogP contribution in [-0.4, -0.2) is 23.5 Å². The maximum Gasteiger partial charge on any atom is 0.283 e. The molecule has 0 radical (unpaired) electrons. The minimum atomic E-state index is -0.641. The van der Waals surface area contributed by atoms with Gasteiger partial charge in [-0.05, 0) is 32.0 Å². The quantitative estimate of drug-likeness (QED) is 0.623. The second-order valence-electron chi connectivity index (χ2n) is 5.89. The predicted octanol–water partition coefficient (Wildman–Crippen LogP) is 4.22. The summed E-state index contributed by atoms with van der Waals surface area (Å²) in [5, 5.41) is 14.1. The van der Waals surface area contributed by atoms with Gasteiger partial charge in [-0.3, -0.25) is 14.9 Å². The largest absolute Gasteiger partial charge is 0.492 e. The highest BCUT2D eigenvalue weighted by Crippen LogP contribution is 2.38. The molecular formula is C18H17ClN2O5. The third-order valence-corrected chi connectivity index (χ3v) is 4.18. The molecule has 8 heteroatoms. The number of nitro groups is 1. The Kier molecular flexibility index (Phi) is 4.99. The fourth-order valence-corrected chi connectivity index (χ4v) is 3.02. The number of rotatable bonds is 5. The highest BCUT2D eigenvalue weighted by atomic mass is 35.5. The Morgan fingerprint density at radius 1 is 1.42 bits per heavy atom. The van der Waals surface area contributed by atoms with E-state index in [1.165, 1.54) is 12.1 Å². The number of nitrogens with one attached hydrogen (secondary N) is 1. The Balaban J connectivity index is 1.95. The minimum absolute atomic E-state index is 0.0442. The SMILES string of the molecule is CCOc1cc2c(cc1NC(=O)c1ccc(Cl)cc1[N+](=O)[O-])O[C@@H](C)C2.